The molecule has 3 rings (SSSR count). The highest BCUT2D eigenvalue weighted by atomic mass is 32.1. The number of anilines is 1. The van der Waals surface area contributed by atoms with E-state index in [1.807, 2.05) is 13.0 Å². The summed E-state index contributed by atoms with van der Waals surface area (Å²) in [6, 6.07) is 12.4. The molecule has 1 aromatic heterocycles. The maximum atomic E-state index is 12.6. The van der Waals surface area contributed by atoms with Gasteiger partial charge in [-0.05, 0) is 44.2 Å². The van der Waals surface area contributed by atoms with Crippen LogP contribution in [-0.2, 0) is 4.74 Å². The molecular formula is C21H28N2O2S. The molecule has 0 aliphatic carbocycles. The summed E-state index contributed by atoms with van der Waals surface area (Å²) in [5.41, 5.74) is 2.36. The predicted molar refractivity (Wildman–Crippen MR) is 109 cm³/mol. The summed E-state index contributed by atoms with van der Waals surface area (Å²) in [7, 11) is 0. The van der Waals surface area contributed by atoms with E-state index in [0.29, 0.717) is 13.2 Å². The number of nitrogens with one attached hydrogen (secondary N) is 1. The molecule has 1 saturated heterocycles. The Balaban J connectivity index is 1.76. The van der Waals surface area contributed by atoms with Crippen molar-refractivity contribution in [3.63, 3.8) is 0 Å². The standard InChI is InChI=1S/C21H28N2O2S/c1-2-25-15-9-12-22-20(24)19-16-18(17-10-5-3-6-11-17)21(26-19)23-13-7-4-8-14-23/h3,5-6,10-11,16H,2,4,7-9,12-15H2,1H3,(H,22,24). The van der Waals surface area contributed by atoms with Crippen molar-refractivity contribution < 1.29 is 9.53 Å². The number of amides is 1. The summed E-state index contributed by atoms with van der Waals surface area (Å²) >= 11 is 1.62. The number of benzene rings is 1. The Morgan fingerprint density at radius 1 is 1.19 bits per heavy atom. The van der Waals surface area contributed by atoms with Crippen LogP contribution in [0.2, 0.25) is 0 Å². The van der Waals surface area contributed by atoms with Crippen molar-refractivity contribution >= 4 is 22.2 Å². The van der Waals surface area contributed by atoms with Crippen LogP contribution in [-0.4, -0.2) is 38.8 Å². The van der Waals surface area contributed by atoms with Crippen molar-refractivity contribution in [2.45, 2.75) is 32.6 Å². The van der Waals surface area contributed by atoms with E-state index in [9.17, 15) is 4.79 Å². The predicted octanol–water partition coefficient (Wildman–Crippen LogP) is 4.56. The molecule has 1 amide bonds. The van der Waals surface area contributed by atoms with Gasteiger partial charge in [-0.15, -0.1) is 11.3 Å². The first-order valence-corrected chi connectivity index (χ1v) is 10.4. The summed E-state index contributed by atoms with van der Waals surface area (Å²) in [6.45, 7) is 6.20. The third-order valence-corrected chi connectivity index (χ3v) is 5.81. The summed E-state index contributed by atoms with van der Waals surface area (Å²) in [4.78, 5) is 15.8. The fourth-order valence-electron chi connectivity index (χ4n) is 3.26. The van der Waals surface area contributed by atoms with Crippen LogP contribution >= 0.6 is 11.3 Å². The maximum Gasteiger partial charge on any atom is 0.261 e. The minimum Gasteiger partial charge on any atom is -0.382 e. The largest absolute Gasteiger partial charge is 0.382 e. The molecule has 0 atom stereocenters. The van der Waals surface area contributed by atoms with Gasteiger partial charge in [0.15, 0.2) is 0 Å². The van der Waals surface area contributed by atoms with Gasteiger partial charge in [0.2, 0.25) is 0 Å². The van der Waals surface area contributed by atoms with E-state index >= 15 is 0 Å². The first-order chi connectivity index (χ1) is 12.8. The molecule has 1 fully saturated rings. The van der Waals surface area contributed by atoms with Gasteiger partial charge in [0.1, 0.15) is 0 Å². The first-order valence-electron chi connectivity index (χ1n) is 9.59. The molecule has 0 saturated carbocycles. The van der Waals surface area contributed by atoms with Crippen LogP contribution in [0.15, 0.2) is 36.4 Å². The van der Waals surface area contributed by atoms with Gasteiger partial charge in [-0.2, -0.15) is 0 Å². The van der Waals surface area contributed by atoms with Gasteiger partial charge in [-0.1, -0.05) is 30.3 Å². The van der Waals surface area contributed by atoms with Crippen LogP contribution in [0.25, 0.3) is 11.1 Å². The Morgan fingerprint density at radius 3 is 2.69 bits per heavy atom. The van der Waals surface area contributed by atoms with Gasteiger partial charge in [0.05, 0.1) is 9.88 Å². The number of carbonyl (C=O) groups excluding carboxylic acids is 1. The molecule has 5 heteroatoms. The smallest absolute Gasteiger partial charge is 0.261 e. The Labute approximate surface area is 160 Å². The average molecular weight is 373 g/mol. The summed E-state index contributed by atoms with van der Waals surface area (Å²) < 4.78 is 5.33. The van der Waals surface area contributed by atoms with Crippen LogP contribution in [0.3, 0.4) is 0 Å². The number of hydrogen-bond acceptors (Lipinski definition) is 4. The highest BCUT2D eigenvalue weighted by molar-refractivity contribution is 7.18. The molecule has 1 aliphatic rings. The van der Waals surface area contributed by atoms with Crippen LogP contribution in [0.1, 0.15) is 42.3 Å². The molecule has 1 N–H and O–H groups in total. The maximum absolute atomic E-state index is 12.6. The third kappa shape index (κ3) is 4.86. The second-order valence-electron chi connectivity index (χ2n) is 6.55. The molecule has 0 radical (unpaired) electrons. The van der Waals surface area contributed by atoms with Crippen LogP contribution in [0, 0.1) is 0 Å². The molecule has 1 aromatic carbocycles. The molecule has 140 valence electrons. The number of piperidine rings is 1. The van der Waals surface area contributed by atoms with Gasteiger partial charge in [0, 0.05) is 38.4 Å². The van der Waals surface area contributed by atoms with Crippen LogP contribution < -0.4 is 10.2 Å². The lowest BCUT2D eigenvalue weighted by Gasteiger charge is -2.28. The zero-order valence-electron chi connectivity index (χ0n) is 15.5. The van der Waals surface area contributed by atoms with Gasteiger partial charge < -0.3 is 15.0 Å². The summed E-state index contributed by atoms with van der Waals surface area (Å²) in [6.07, 6.45) is 4.60. The Morgan fingerprint density at radius 2 is 1.96 bits per heavy atom. The zero-order valence-corrected chi connectivity index (χ0v) is 16.3. The number of nitrogens with zero attached hydrogens (tertiary/aromatic N) is 1. The molecule has 4 nitrogen and oxygen atoms in total. The Bertz CT molecular complexity index is 693. The van der Waals surface area contributed by atoms with Crippen molar-refractivity contribution in [1.29, 1.82) is 0 Å². The second kappa shape index (κ2) is 9.74. The molecule has 2 heterocycles. The number of thiophene rings is 1. The van der Waals surface area contributed by atoms with Gasteiger partial charge in [0.25, 0.3) is 5.91 Å². The normalized spacial score (nSPS) is 14.4. The molecule has 0 spiro atoms. The van der Waals surface area contributed by atoms with E-state index in [0.717, 1.165) is 31.0 Å². The van der Waals surface area contributed by atoms with Crippen LogP contribution in [0.5, 0.6) is 0 Å². The van der Waals surface area contributed by atoms with Crippen molar-refractivity contribution in [2.24, 2.45) is 0 Å². The van der Waals surface area contributed by atoms with E-state index in [1.54, 1.807) is 11.3 Å². The Hall–Kier alpha value is -1.85. The first kappa shape index (κ1) is 18.9. The lowest BCUT2D eigenvalue weighted by atomic mass is 10.1. The van der Waals surface area contributed by atoms with E-state index in [-0.39, 0.29) is 5.91 Å². The van der Waals surface area contributed by atoms with Gasteiger partial charge in [-0.3, -0.25) is 4.79 Å². The van der Waals surface area contributed by atoms with E-state index < -0.39 is 0 Å². The molecule has 0 unspecified atom stereocenters. The van der Waals surface area contributed by atoms with E-state index in [2.05, 4.69) is 40.5 Å². The Kier molecular flexibility index (Phi) is 7.09. The number of carbonyl (C=O) groups is 1. The topological polar surface area (TPSA) is 41.6 Å². The van der Waals surface area contributed by atoms with Crippen molar-refractivity contribution in [1.82, 2.24) is 5.32 Å². The highest BCUT2D eigenvalue weighted by Gasteiger charge is 2.21. The van der Waals surface area contributed by atoms with Crippen molar-refractivity contribution in [2.75, 3.05) is 37.7 Å². The van der Waals surface area contributed by atoms with Crippen molar-refractivity contribution in [3.05, 3.63) is 41.3 Å². The number of ether oxygens (including phenoxy) is 1. The fourth-order valence-corrected chi connectivity index (χ4v) is 4.41. The molecule has 2 aromatic rings. The zero-order chi connectivity index (χ0) is 18.2. The third-order valence-electron chi connectivity index (χ3n) is 4.62. The average Bonchev–Trinajstić information content (AvgIpc) is 3.15. The van der Waals surface area contributed by atoms with Crippen molar-refractivity contribution in [3.8, 4) is 11.1 Å². The molecular weight excluding hydrogens is 344 g/mol. The lowest BCUT2D eigenvalue weighted by molar-refractivity contribution is 0.0948. The highest BCUT2D eigenvalue weighted by Crippen LogP contribution is 2.40. The minimum atomic E-state index is 0.0203. The van der Waals surface area contributed by atoms with E-state index in [1.165, 1.54) is 35.4 Å². The molecule has 1 aliphatic heterocycles. The number of rotatable bonds is 8. The second-order valence-corrected chi connectivity index (χ2v) is 7.58. The molecule has 0 bridgehead atoms. The van der Waals surface area contributed by atoms with Gasteiger partial charge in [-0.25, -0.2) is 0 Å². The minimum absolute atomic E-state index is 0.0203. The van der Waals surface area contributed by atoms with E-state index in [4.69, 9.17) is 4.74 Å². The SMILES string of the molecule is CCOCCCNC(=O)c1cc(-c2ccccc2)c(N2CCCCC2)s1. The lowest BCUT2D eigenvalue weighted by Crippen LogP contribution is -2.29. The fraction of sp³-hybridized carbons (Fsp3) is 0.476. The molecule has 26 heavy (non-hydrogen) atoms. The quantitative estimate of drug-likeness (QED) is 0.691. The monoisotopic (exact) mass is 372 g/mol. The van der Waals surface area contributed by atoms with Crippen LogP contribution in [0.4, 0.5) is 5.00 Å². The summed E-state index contributed by atoms with van der Waals surface area (Å²) in [5.74, 6) is 0.0203. The number of hydrogen-bond donors (Lipinski definition) is 1. The summed E-state index contributed by atoms with van der Waals surface area (Å²) in [5, 5.41) is 4.26. The van der Waals surface area contributed by atoms with Gasteiger partial charge >= 0.3 is 0 Å².